The Morgan fingerprint density at radius 1 is 1.47 bits per heavy atom. The first-order chi connectivity index (χ1) is 7.03. The predicted molar refractivity (Wildman–Crippen MR) is 66.9 cm³/mol. The Kier molecular flexibility index (Phi) is 4.48. The van der Waals surface area contributed by atoms with Gasteiger partial charge in [-0.3, -0.25) is 0 Å². The van der Waals surface area contributed by atoms with Crippen LogP contribution in [0.5, 0.6) is 0 Å². The van der Waals surface area contributed by atoms with Gasteiger partial charge in [0.15, 0.2) is 0 Å². The van der Waals surface area contributed by atoms with Crippen molar-refractivity contribution in [3.05, 3.63) is 0 Å². The molecule has 0 bridgehead atoms. The van der Waals surface area contributed by atoms with Crippen LogP contribution < -0.4 is 5.32 Å². The van der Waals surface area contributed by atoms with E-state index >= 15 is 0 Å². The Morgan fingerprint density at radius 3 is 2.53 bits per heavy atom. The zero-order chi connectivity index (χ0) is 11.5. The molecule has 2 nitrogen and oxygen atoms in total. The first-order valence-electron chi connectivity index (χ1n) is 5.78. The highest BCUT2D eigenvalue weighted by Crippen LogP contribution is 2.39. The average molecular weight is 226 g/mol. The maximum Gasteiger partial charge on any atom is 0.107 e. The average Bonchev–Trinajstić information content (AvgIpc) is 2.62. The second kappa shape index (κ2) is 5.23. The van der Waals surface area contributed by atoms with E-state index in [0.29, 0.717) is 10.5 Å². The summed E-state index contributed by atoms with van der Waals surface area (Å²) in [6, 6.07) is 2.44. The minimum atomic E-state index is -0.242. The van der Waals surface area contributed by atoms with Crippen LogP contribution in [0.15, 0.2) is 0 Å². The number of rotatable bonds is 4. The van der Waals surface area contributed by atoms with Crippen molar-refractivity contribution in [1.82, 2.24) is 5.32 Å². The van der Waals surface area contributed by atoms with Crippen LogP contribution in [-0.2, 0) is 0 Å². The minimum absolute atomic E-state index is 0.242. The Labute approximate surface area is 97.8 Å². The molecule has 0 amide bonds. The van der Waals surface area contributed by atoms with Gasteiger partial charge in [-0.2, -0.15) is 17.0 Å². The molecule has 0 radical (unpaired) electrons. The molecular formula is C12H22N2S. The molecule has 1 aliphatic carbocycles. The summed E-state index contributed by atoms with van der Waals surface area (Å²) in [5, 5.41) is 13.7. The van der Waals surface area contributed by atoms with Gasteiger partial charge in [0.1, 0.15) is 5.54 Å². The summed E-state index contributed by atoms with van der Waals surface area (Å²) in [7, 11) is 1.90. The van der Waals surface area contributed by atoms with E-state index in [-0.39, 0.29) is 5.54 Å². The van der Waals surface area contributed by atoms with Crippen LogP contribution in [0.25, 0.3) is 0 Å². The van der Waals surface area contributed by atoms with Gasteiger partial charge in [-0.25, -0.2) is 0 Å². The minimum Gasteiger partial charge on any atom is -0.302 e. The summed E-state index contributed by atoms with van der Waals surface area (Å²) in [6.45, 7) is 6.82. The van der Waals surface area contributed by atoms with Crippen LogP contribution >= 0.6 is 11.8 Å². The van der Waals surface area contributed by atoms with Crippen LogP contribution in [0.4, 0.5) is 0 Å². The van der Waals surface area contributed by atoms with Gasteiger partial charge < -0.3 is 5.32 Å². The zero-order valence-electron chi connectivity index (χ0n) is 10.2. The van der Waals surface area contributed by atoms with E-state index in [1.807, 2.05) is 7.05 Å². The highest BCUT2D eigenvalue weighted by Gasteiger charge is 2.38. The van der Waals surface area contributed by atoms with Crippen molar-refractivity contribution >= 4 is 11.8 Å². The first kappa shape index (κ1) is 12.9. The summed E-state index contributed by atoms with van der Waals surface area (Å²) in [4.78, 5) is 0. The molecule has 15 heavy (non-hydrogen) atoms. The van der Waals surface area contributed by atoms with E-state index in [9.17, 15) is 0 Å². The molecule has 1 fully saturated rings. The first-order valence-corrected chi connectivity index (χ1v) is 6.73. The lowest BCUT2D eigenvalue weighted by Crippen LogP contribution is -2.38. The fraction of sp³-hybridized carbons (Fsp3) is 0.917. The van der Waals surface area contributed by atoms with Crippen LogP contribution in [0.3, 0.4) is 0 Å². The van der Waals surface area contributed by atoms with Gasteiger partial charge in [-0.15, -0.1) is 0 Å². The molecule has 0 aromatic rings. The molecule has 0 spiro atoms. The number of nitrogens with zero attached hydrogens (tertiary/aromatic N) is 1. The molecular weight excluding hydrogens is 204 g/mol. The van der Waals surface area contributed by atoms with Crippen molar-refractivity contribution in [2.45, 2.75) is 56.1 Å². The summed E-state index contributed by atoms with van der Waals surface area (Å²) >= 11 is 2.06. The number of nitriles is 1. The molecule has 3 unspecified atom stereocenters. The Bertz CT molecular complexity index is 246. The lowest BCUT2D eigenvalue weighted by Gasteiger charge is -2.22. The van der Waals surface area contributed by atoms with Gasteiger partial charge in [-0.1, -0.05) is 20.8 Å². The van der Waals surface area contributed by atoms with E-state index in [0.717, 1.165) is 18.8 Å². The molecule has 0 aromatic carbocycles. The molecule has 3 heteroatoms. The van der Waals surface area contributed by atoms with Crippen LogP contribution in [0.2, 0.25) is 0 Å². The molecule has 1 aliphatic rings. The second-order valence-corrected chi connectivity index (χ2v) is 6.58. The molecule has 1 rings (SSSR count). The smallest absolute Gasteiger partial charge is 0.107 e. The fourth-order valence-corrected chi connectivity index (χ4v) is 3.52. The molecule has 1 N–H and O–H groups in total. The standard InChI is InChI=1S/C12H22N2S/c1-9(2)10(3)15-11-5-6-12(7-11,8-13)14-4/h9-11,14H,5-7H2,1-4H3. The molecule has 3 atom stereocenters. The number of nitrogens with one attached hydrogen (secondary N) is 1. The summed E-state index contributed by atoms with van der Waals surface area (Å²) < 4.78 is 0. The number of thioether (sulfide) groups is 1. The van der Waals surface area contributed by atoms with Gasteiger partial charge in [0.05, 0.1) is 6.07 Å². The largest absolute Gasteiger partial charge is 0.302 e. The van der Waals surface area contributed by atoms with Gasteiger partial charge >= 0.3 is 0 Å². The van der Waals surface area contributed by atoms with E-state index in [1.165, 1.54) is 6.42 Å². The summed E-state index contributed by atoms with van der Waals surface area (Å²) in [6.07, 6.45) is 3.18. The summed E-state index contributed by atoms with van der Waals surface area (Å²) in [5.41, 5.74) is -0.242. The third kappa shape index (κ3) is 3.12. The van der Waals surface area contributed by atoms with Crippen molar-refractivity contribution in [2.75, 3.05) is 7.05 Å². The Morgan fingerprint density at radius 2 is 2.13 bits per heavy atom. The lowest BCUT2D eigenvalue weighted by atomic mass is 10.0. The molecule has 0 aliphatic heterocycles. The van der Waals surface area contributed by atoms with Gasteiger partial charge in [0.25, 0.3) is 0 Å². The highest BCUT2D eigenvalue weighted by atomic mass is 32.2. The molecule has 86 valence electrons. The van der Waals surface area contributed by atoms with Gasteiger partial charge in [-0.05, 0) is 32.2 Å². The second-order valence-electron chi connectivity index (χ2n) is 4.89. The highest BCUT2D eigenvalue weighted by molar-refractivity contribution is 8.00. The van der Waals surface area contributed by atoms with Crippen molar-refractivity contribution < 1.29 is 0 Å². The fourth-order valence-electron chi connectivity index (χ4n) is 1.96. The maximum atomic E-state index is 9.16. The normalized spacial score (nSPS) is 32.9. The molecule has 0 saturated heterocycles. The SMILES string of the molecule is CNC1(C#N)CCC(SC(C)C(C)C)C1. The van der Waals surface area contributed by atoms with E-state index in [2.05, 4.69) is 43.9 Å². The third-order valence-corrected chi connectivity index (χ3v) is 5.27. The van der Waals surface area contributed by atoms with Crippen molar-refractivity contribution in [3.8, 4) is 6.07 Å². The predicted octanol–water partition coefficient (Wildman–Crippen LogP) is 2.80. The molecule has 0 heterocycles. The number of hydrogen-bond acceptors (Lipinski definition) is 3. The maximum absolute atomic E-state index is 9.16. The van der Waals surface area contributed by atoms with Crippen LogP contribution in [0, 0.1) is 17.2 Å². The quantitative estimate of drug-likeness (QED) is 0.800. The lowest BCUT2D eigenvalue weighted by molar-refractivity contribution is 0.464. The Balaban J connectivity index is 2.47. The van der Waals surface area contributed by atoms with Crippen molar-refractivity contribution in [2.24, 2.45) is 5.92 Å². The van der Waals surface area contributed by atoms with E-state index in [1.54, 1.807) is 0 Å². The molecule has 0 aromatic heterocycles. The van der Waals surface area contributed by atoms with Crippen LogP contribution in [-0.4, -0.2) is 23.1 Å². The van der Waals surface area contributed by atoms with E-state index in [4.69, 9.17) is 5.26 Å². The Hall–Kier alpha value is -0.200. The van der Waals surface area contributed by atoms with Crippen molar-refractivity contribution in [3.63, 3.8) is 0 Å². The van der Waals surface area contributed by atoms with Gasteiger partial charge in [0.2, 0.25) is 0 Å². The topological polar surface area (TPSA) is 35.8 Å². The number of hydrogen-bond donors (Lipinski definition) is 1. The molecule has 1 saturated carbocycles. The monoisotopic (exact) mass is 226 g/mol. The van der Waals surface area contributed by atoms with E-state index < -0.39 is 0 Å². The van der Waals surface area contributed by atoms with Crippen LogP contribution in [0.1, 0.15) is 40.0 Å². The summed E-state index contributed by atoms with van der Waals surface area (Å²) in [5.74, 6) is 0.724. The zero-order valence-corrected chi connectivity index (χ0v) is 11.0. The van der Waals surface area contributed by atoms with Crippen molar-refractivity contribution in [1.29, 1.82) is 5.26 Å². The van der Waals surface area contributed by atoms with Gasteiger partial charge in [0, 0.05) is 10.5 Å². The third-order valence-electron chi connectivity index (χ3n) is 3.51.